The van der Waals surface area contributed by atoms with Crippen LogP contribution in [0.1, 0.15) is 23.0 Å². The van der Waals surface area contributed by atoms with E-state index in [0.717, 1.165) is 11.3 Å². The number of benzene rings is 1. The molecule has 2 fully saturated rings. The van der Waals surface area contributed by atoms with E-state index in [-0.39, 0.29) is 18.4 Å². The summed E-state index contributed by atoms with van der Waals surface area (Å²) in [5, 5.41) is 0. The van der Waals surface area contributed by atoms with Crippen LogP contribution in [0.4, 0.5) is 5.69 Å². The number of nitrogens with zero attached hydrogens (tertiary/aromatic N) is 3. The first kappa shape index (κ1) is 22.4. The van der Waals surface area contributed by atoms with Crippen LogP contribution in [0.3, 0.4) is 0 Å². The Bertz CT molecular complexity index is 1340. The summed E-state index contributed by atoms with van der Waals surface area (Å²) in [7, 11) is 5.22. The fourth-order valence-corrected chi connectivity index (χ4v) is 8.04. The Labute approximate surface area is 211 Å². The Morgan fingerprint density at radius 3 is 2.57 bits per heavy atom. The molecule has 5 heterocycles. The lowest BCUT2D eigenvalue weighted by Gasteiger charge is -2.41. The summed E-state index contributed by atoms with van der Waals surface area (Å²) >= 11 is 7.06. The number of likely N-dealkylation sites (tertiary alicyclic amines) is 1. The van der Waals surface area contributed by atoms with Gasteiger partial charge in [-0.3, -0.25) is 19.4 Å². The molecule has 180 valence electrons. The lowest BCUT2D eigenvalue weighted by molar-refractivity contribution is -0.139. The summed E-state index contributed by atoms with van der Waals surface area (Å²) in [6.07, 6.45) is 3.16. The molecule has 3 aromatic rings. The van der Waals surface area contributed by atoms with Crippen molar-refractivity contribution in [2.45, 2.75) is 22.7 Å². The van der Waals surface area contributed by atoms with Crippen LogP contribution < -0.4 is 9.64 Å². The molecule has 2 spiro atoms. The number of fused-ring (bicyclic) bond motifs is 3. The van der Waals surface area contributed by atoms with Crippen LogP contribution >= 0.6 is 24.0 Å². The first-order valence-electron chi connectivity index (χ1n) is 11.1. The number of carbonyl (C=O) groups excluding carboxylic acids is 2. The second-order valence-electron chi connectivity index (χ2n) is 8.98. The predicted molar refractivity (Wildman–Crippen MR) is 134 cm³/mol. The van der Waals surface area contributed by atoms with Gasteiger partial charge in [-0.15, -0.1) is 0 Å². The number of hydrogen-bond acceptors (Lipinski definition) is 8. The van der Waals surface area contributed by atoms with Gasteiger partial charge in [0.15, 0.2) is 5.54 Å². The minimum Gasteiger partial charge on any atom is -0.497 e. The highest BCUT2D eigenvalue weighted by Crippen LogP contribution is 2.67. The molecule has 3 unspecified atom stereocenters. The Kier molecular flexibility index (Phi) is 4.93. The summed E-state index contributed by atoms with van der Waals surface area (Å²) in [6, 6.07) is 12.8. The van der Waals surface area contributed by atoms with Crippen molar-refractivity contribution in [3.8, 4) is 5.75 Å². The van der Waals surface area contributed by atoms with Gasteiger partial charge in [0.25, 0.3) is 5.91 Å². The molecule has 0 N–H and O–H groups in total. The molecule has 0 bridgehead atoms. The number of furan rings is 2. The average Bonchev–Trinajstić information content (AvgIpc) is 3.66. The van der Waals surface area contributed by atoms with Gasteiger partial charge in [-0.05, 0) is 49.5 Å². The maximum atomic E-state index is 14.6. The Balaban J connectivity index is 1.61. The molecular weight excluding hydrogens is 486 g/mol. The molecule has 0 radical (unpaired) electrons. The van der Waals surface area contributed by atoms with Crippen LogP contribution in [0.2, 0.25) is 0 Å². The molecule has 2 saturated heterocycles. The van der Waals surface area contributed by atoms with E-state index in [4.69, 9.17) is 25.8 Å². The summed E-state index contributed by atoms with van der Waals surface area (Å²) in [5.74, 6) is 1.04. The second kappa shape index (κ2) is 7.71. The number of thioether (sulfide) groups is 1. The highest BCUT2D eigenvalue weighted by molar-refractivity contribution is 8.25. The number of carbonyl (C=O) groups is 2. The van der Waals surface area contributed by atoms with Crippen LogP contribution in [-0.2, 0) is 21.7 Å². The standard InChI is InChI=1S/C25H23N3O5S2/c1-26-14-18(20-7-5-11-33-20)25(22(30)28(23(34)35-25)13-16-6-4-10-32-16)24(26)17-12-15(31-3)8-9-19(17)27(2)21(24)29/h4-12,18H,13-14H2,1-3H3. The Morgan fingerprint density at radius 2 is 1.89 bits per heavy atom. The van der Waals surface area contributed by atoms with Crippen LogP contribution in [-0.4, -0.2) is 58.4 Å². The summed E-state index contributed by atoms with van der Waals surface area (Å²) < 4.78 is 16.0. The largest absolute Gasteiger partial charge is 0.497 e. The van der Waals surface area contributed by atoms with E-state index < -0.39 is 16.2 Å². The second-order valence-corrected chi connectivity index (χ2v) is 10.9. The number of thiocarbonyl (C=S) groups is 1. The number of amides is 2. The van der Waals surface area contributed by atoms with Gasteiger partial charge in [-0.2, -0.15) is 0 Å². The molecule has 10 heteroatoms. The van der Waals surface area contributed by atoms with Crippen molar-refractivity contribution in [1.82, 2.24) is 9.80 Å². The van der Waals surface area contributed by atoms with Crippen molar-refractivity contribution in [2.24, 2.45) is 0 Å². The van der Waals surface area contributed by atoms with Crippen LogP contribution in [0.25, 0.3) is 0 Å². The monoisotopic (exact) mass is 509 g/mol. The molecule has 3 atom stereocenters. The van der Waals surface area contributed by atoms with Crippen LogP contribution in [0.5, 0.6) is 5.75 Å². The van der Waals surface area contributed by atoms with E-state index >= 15 is 0 Å². The topological polar surface area (TPSA) is 79.4 Å². The SMILES string of the molecule is COc1ccc2c(c1)C1(C(=O)N2C)N(C)CC(c2ccco2)C12SC(=S)N(Cc1ccco1)C2=O. The van der Waals surface area contributed by atoms with E-state index in [9.17, 15) is 9.59 Å². The molecule has 8 nitrogen and oxygen atoms in total. The Hall–Kier alpha value is -3.08. The number of likely N-dealkylation sites (N-methyl/N-ethyl adjacent to an activating group) is 2. The van der Waals surface area contributed by atoms with Gasteiger partial charge < -0.3 is 18.5 Å². The molecular formula is C25H23N3O5S2. The van der Waals surface area contributed by atoms with E-state index in [1.165, 1.54) is 11.8 Å². The van der Waals surface area contributed by atoms with E-state index in [1.807, 2.05) is 36.2 Å². The lowest BCUT2D eigenvalue weighted by atomic mass is 9.73. The van der Waals surface area contributed by atoms with Crippen molar-refractivity contribution in [3.05, 3.63) is 72.1 Å². The van der Waals surface area contributed by atoms with Crippen molar-refractivity contribution in [1.29, 1.82) is 0 Å². The molecule has 2 aromatic heterocycles. The first-order valence-corrected chi connectivity index (χ1v) is 12.4. The zero-order chi connectivity index (χ0) is 24.5. The maximum Gasteiger partial charge on any atom is 0.254 e. The molecule has 1 aromatic carbocycles. The van der Waals surface area contributed by atoms with Crippen molar-refractivity contribution < 1.29 is 23.2 Å². The normalized spacial score (nSPS) is 28.2. The van der Waals surface area contributed by atoms with Crippen molar-refractivity contribution in [3.63, 3.8) is 0 Å². The van der Waals surface area contributed by atoms with Gasteiger partial charge in [-0.25, -0.2) is 0 Å². The molecule has 3 aliphatic rings. The first-order chi connectivity index (χ1) is 16.9. The van der Waals surface area contributed by atoms with E-state index in [1.54, 1.807) is 54.7 Å². The molecule has 6 rings (SSSR count). The number of hydrogen-bond donors (Lipinski definition) is 0. The van der Waals surface area contributed by atoms with Crippen LogP contribution in [0, 0.1) is 0 Å². The number of rotatable bonds is 4. The fraction of sp³-hybridized carbons (Fsp3) is 0.320. The summed E-state index contributed by atoms with van der Waals surface area (Å²) in [6.45, 7) is 0.624. The van der Waals surface area contributed by atoms with Gasteiger partial charge >= 0.3 is 0 Å². The number of ether oxygens (including phenoxy) is 1. The molecule has 3 aliphatic heterocycles. The quantitative estimate of drug-likeness (QED) is 0.494. The smallest absolute Gasteiger partial charge is 0.254 e. The van der Waals surface area contributed by atoms with Gasteiger partial charge in [0.1, 0.15) is 26.3 Å². The zero-order valence-corrected chi connectivity index (χ0v) is 21.0. The van der Waals surface area contributed by atoms with E-state index in [0.29, 0.717) is 28.1 Å². The summed E-state index contributed by atoms with van der Waals surface area (Å²) in [4.78, 5) is 34.1. The van der Waals surface area contributed by atoms with Crippen LogP contribution in [0.15, 0.2) is 63.8 Å². The lowest BCUT2D eigenvalue weighted by Crippen LogP contribution is -2.62. The van der Waals surface area contributed by atoms with Gasteiger partial charge in [0, 0.05) is 24.8 Å². The predicted octanol–water partition coefficient (Wildman–Crippen LogP) is 3.58. The van der Waals surface area contributed by atoms with Crippen molar-refractivity contribution >= 4 is 45.8 Å². The summed E-state index contributed by atoms with van der Waals surface area (Å²) in [5.41, 5.74) is 0.155. The number of anilines is 1. The van der Waals surface area contributed by atoms with Gasteiger partial charge in [0.2, 0.25) is 5.91 Å². The van der Waals surface area contributed by atoms with E-state index in [2.05, 4.69) is 0 Å². The molecule has 0 saturated carbocycles. The third-order valence-corrected chi connectivity index (χ3v) is 9.38. The zero-order valence-electron chi connectivity index (χ0n) is 19.4. The third kappa shape index (κ3) is 2.70. The Morgan fingerprint density at radius 1 is 1.11 bits per heavy atom. The number of methoxy groups -OCH3 is 1. The minimum atomic E-state index is -1.31. The third-order valence-electron chi connectivity index (χ3n) is 7.44. The molecule has 35 heavy (non-hydrogen) atoms. The van der Waals surface area contributed by atoms with Gasteiger partial charge in [-0.1, -0.05) is 24.0 Å². The van der Waals surface area contributed by atoms with Crippen molar-refractivity contribution in [2.75, 3.05) is 32.6 Å². The highest BCUT2D eigenvalue weighted by atomic mass is 32.2. The highest BCUT2D eigenvalue weighted by Gasteiger charge is 2.79. The fourth-order valence-electron chi connectivity index (χ4n) is 5.94. The maximum absolute atomic E-state index is 14.6. The minimum absolute atomic E-state index is 0.180. The van der Waals surface area contributed by atoms with Gasteiger partial charge in [0.05, 0.1) is 32.1 Å². The molecule has 2 amide bonds. The molecule has 0 aliphatic carbocycles. The average molecular weight is 510 g/mol.